The first-order valence-corrected chi connectivity index (χ1v) is 7.25. The topological polar surface area (TPSA) is 93.5 Å². The van der Waals surface area contributed by atoms with Crippen LogP contribution in [0.4, 0.5) is 5.69 Å². The summed E-state index contributed by atoms with van der Waals surface area (Å²) in [5.41, 5.74) is 0.539. The summed E-state index contributed by atoms with van der Waals surface area (Å²) < 4.78 is 5.23. The third-order valence-electron chi connectivity index (χ3n) is 4.01. The highest BCUT2D eigenvalue weighted by molar-refractivity contribution is 5.95. The van der Waals surface area contributed by atoms with E-state index in [0.717, 1.165) is 19.4 Å². The van der Waals surface area contributed by atoms with Gasteiger partial charge < -0.3 is 15.4 Å². The van der Waals surface area contributed by atoms with Crippen molar-refractivity contribution >= 4 is 24.0 Å². The Balaban J connectivity index is 0.00000264. The number of nitrogens with zero attached hydrogens (tertiary/aromatic N) is 1. The van der Waals surface area contributed by atoms with Crippen molar-refractivity contribution in [3.63, 3.8) is 0 Å². The number of nitrogens with one attached hydrogen (secondary N) is 2. The Morgan fingerprint density at radius 1 is 1.52 bits per heavy atom. The minimum atomic E-state index is -0.475. The number of carbonyl (C=O) groups is 1. The van der Waals surface area contributed by atoms with E-state index >= 15 is 0 Å². The lowest BCUT2D eigenvalue weighted by Crippen LogP contribution is -2.53. The smallest absolute Gasteiger partial charge is 0.273 e. The number of ether oxygens (including phenoxy) is 1. The van der Waals surface area contributed by atoms with Gasteiger partial charge in [0, 0.05) is 30.8 Å². The van der Waals surface area contributed by atoms with Gasteiger partial charge in [-0.1, -0.05) is 6.07 Å². The number of hydrogen-bond acceptors (Lipinski definition) is 5. The maximum atomic E-state index is 12.2. The second-order valence-electron chi connectivity index (χ2n) is 5.68. The van der Waals surface area contributed by atoms with E-state index in [9.17, 15) is 14.9 Å². The van der Waals surface area contributed by atoms with Gasteiger partial charge in [-0.25, -0.2) is 0 Å². The average molecular weight is 344 g/mol. The highest BCUT2D eigenvalue weighted by atomic mass is 35.5. The zero-order valence-electron chi connectivity index (χ0n) is 13.3. The molecule has 1 aromatic rings. The van der Waals surface area contributed by atoms with Crippen LogP contribution in [0.5, 0.6) is 0 Å². The van der Waals surface area contributed by atoms with Gasteiger partial charge in [-0.15, -0.1) is 12.4 Å². The summed E-state index contributed by atoms with van der Waals surface area (Å²) in [5.74, 6) is -0.313. The molecule has 7 nitrogen and oxygen atoms in total. The number of nitro groups is 1. The van der Waals surface area contributed by atoms with Crippen molar-refractivity contribution in [1.82, 2.24) is 10.6 Å². The van der Waals surface area contributed by atoms with Crippen LogP contribution in [0.15, 0.2) is 18.2 Å². The lowest BCUT2D eigenvalue weighted by molar-refractivity contribution is -0.385. The van der Waals surface area contributed by atoms with Crippen LogP contribution in [0, 0.1) is 17.0 Å². The fourth-order valence-corrected chi connectivity index (χ4v) is 2.77. The van der Waals surface area contributed by atoms with E-state index in [4.69, 9.17) is 4.74 Å². The Morgan fingerprint density at radius 3 is 2.83 bits per heavy atom. The van der Waals surface area contributed by atoms with Crippen LogP contribution in [-0.4, -0.2) is 43.2 Å². The summed E-state index contributed by atoms with van der Waals surface area (Å²) in [6, 6.07) is 4.50. The Labute approximate surface area is 141 Å². The fraction of sp³-hybridized carbons (Fsp3) is 0.533. The molecule has 1 fully saturated rings. The summed E-state index contributed by atoms with van der Waals surface area (Å²) >= 11 is 0. The molecule has 1 amide bonds. The van der Waals surface area contributed by atoms with Crippen molar-refractivity contribution in [3.05, 3.63) is 39.4 Å². The maximum Gasteiger partial charge on any atom is 0.273 e. The fourth-order valence-electron chi connectivity index (χ4n) is 2.77. The van der Waals surface area contributed by atoms with Gasteiger partial charge in [0.15, 0.2) is 0 Å². The van der Waals surface area contributed by atoms with E-state index in [-0.39, 0.29) is 29.5 Å². The number of halogens is 1. The highest BCUT2D eigenvalue weighted by Crippen LogP contribution is 2.21. The van der Waals surface area contributed by atoms with Crippen molar-refractivity contribution in [1.29, 1.82) is 0 Å². The van der Waals surface area contributed by atoms with E-state index in [1.54, 1.807) is 26.2 Å². The summed E-state index contributed by atoms with van der Waals surface area (Å²) in [6.45, 7) is 3.49. The summed E-state index contributed by atoms with van der Waals surface area (Å²) in [6.07, 6.45) is 1.96. The van der Waals surface area contributed by atoms with Crippen molar-refractivity contribution in [2.45, 2.75) is 25.3 Å². The molecule has 0 radical (unpaired) electrons. The molecular weight excluding hydrogens is 322 g/mol. The maximum absolute atomic E-state index is 12.2. The SMILES string of the molecule is COCC1(CNC(=O)c2ccc(C)c([N+](=O)[O-])c2)CCCN1.Cl. The molecule has 2 rings (SSSR count). The largest absolute Gasteiger partial charge is 0.383 e. The molecule has 128 valence electrons. The molecule has 1 aromatic carbocycles. The molecule has 23 heavy (non-hydrogen) atoms. The van der Waals surface area contributed by atoms with Crippen LogP contribution in [0.25, 0.3) is 0 Å². The molecule has 1 unspecified atom stereocenters. The Hall–Kier alpha value is -1.70. The Bertz CT molecular complexity index is 574. The highest BCUT2D eigenvalue weighted by Gasteiger charge is 2.33. The number of aryl methyl sites for hydroxylation is 1. The van der Waals surface area contributed by atoms with Gasteiger partial charge in [0.2, 0.25) is 0 Å². The van der Waals surface area contributed by atoms with E-state index in [0.29, 0.717) is 24.3 Å². The van der Waals surface area contributed by atoms with Crippen LogP contribution in [0.3, 0.4) is 0 Å². The summed E-state index contributed by atoms with van der Waals surface area (Å²) in [4.78, 5) is 22.7. The van der Waals surface area contributed by atoms with Gasteiger partial charge in [0.05, 0.1) is 17.1 Å². The van der Waals surface area contributed by atoms with Crippen molar-refractivity contribution in [3.8, 4) is 0 Å². The van der Waals surface area contributed by atoms with Crippen LogP contribution < -0.4 is 10.6 Å². The molecule has 1 saturated heterocycles. The average Bonchev–Trinajstić information content (AvgIpc) is 2.94. The van der Waals surface area contributed by atoms with E-state index in [2.05, 4.69) is 10.6 Å². The predicted octanol–water partition coefficient (Wildman–Crippen LogP) is 1.82. The van der Waals surface area contributed by atoms with Crippen LogP contribution in [-0.2, 0) is 4.74 Å². The monoisotopic (exact) mass is 343 g/mol. The van der Waals surface area contributed by atoms with E-state index in [1.165, 1.54) is 6.07 Å². The first-order chi connectivity index (χ1) is 10.5. The number of carbonyl (C=O) groups excluding carboxylic acids is 1. The molecule has 0 aromatic heterocycles. The van der Waals surface area contributed by atoms with Gasteiger partial charge in [-0.3, -0.25) is 14.9 Å². The molecular formula is C15H22ClN3O4. The van der Waals surface area contributed by atoms with Crippen molar-refractivity contribution in [2.24, 2.45) is 0 Å². The number of hydrogen-bond donors (Lipinski definition) is 2. The van der Waals surface area contributed by atoms with Gasteiger partial charge >= 0.3 is 0 Å². The zero-order valence-corrected chi connectivity index (χ0v) is 14.1. The number of benzene rings is 1. The third-order valence-corrected chi connectivity index (χ3v) is 4.01. The third kappa shape index (κ3) is 4.63. The summed E-state index contributed by atoms with van der Waals surface area (Å²) in [5, 5.41) is 17.2. The second kappa shape index (κ2) is 8.24. The molecule has 0 spiro atoms. The molecule has 0 saturated carbocycles. The standard InChI is InChI=1S/C15H21N3O4.ClH/c1-11-4-5-12(8-13(11)18(20)21)14(19)16-9-15(10-22-2)6-3-7-17-15;/h4-5,8,17H,3,6-7,9-10H2,1-2H3,(H,16,19);1H. The van der Waals surface area contributed by atoms with Gasteiger partial charge in [0.1, 0.15) is 0 Å². The van der Waals surface area contributed by atoms with Gasteiger partial charge in [0.25, 0.3) is 11.6 Å². The van der Waals surface area contributed by atoms with Crippen LogP contribution in [0.2, 0.25) is 0 Å². The normalized spacial score (nSPS) is 19.9. The van der Waals surface area contributed by atoms with Crippen LogP contribution in [0.1, 0.15) is 28.8 Å². The molecule has 0 bridgehead atoms. The second-order valence-corrected chi connectivity index (χ2v) is 5.68. The number of amides is 1. The Kier molecular flexibility index (Phi) is 6.93. The lowest BCUT2D eigenvalue weighted by Gasteiger charge is -2.28. The minimum Gasteiger partial charge on any atom is -0.383 e. The zero-order chi connectivity index (χ0) is 16.2. The molecule has 2 N–H and O–H groups in total. The van der Waals surface area contributed by atoms with E-state index < -0.39 is 4.92 Å². The number of rotatable bonds is 6. The molecule has 1 aliphatic heterocycles. The van der Waals surface area contributed by atoms with Crippen molar-refractivity contribution in [2.75, 3.05) is 26.8 Å². The first kappa shape index (κ1) is 19.3. The van der Waals surface area contributed by atoms with Gasteiger partial charge in [-0.05, 0) is 32.4 Å². The molecule has 1 aliphatic rings. The lowest BCUT2D eigenvalue weighted by atomic mass is 9.98. The Morgan fingerprint density at radius 2 is 2.26 bits per heavy atom. The van der Waals surface area contributed by atoms with Crippen molar-refractivity contribution < 1.29 is 14.5 Å². The van der Waals surface area contributed by atoms with Gasteiger partial charge in [-0.2, -0.15) is 0 Å². The van der Waals surface area contributed by atoms with E-state index in [1.807, 2.05) is 0 Å². The molecule has 1 atom stereocenters. The minimum absolute atomic E-state index is 0. The molecule has 8 heteroatoms. The molecule has 1 heterocycles. The molecule has 0 aliphatic carbocycles. The quantitative estimate of drug-likeness (QED) is 0.607. The number of nitro benzene ring substituents is 1. The summed E-state index contributed by atoms with van der Waals surface area (Å²) in [7, 11) is 1.63. The number of methoxy groups -OCH3 is 1. The first-order valence-electron chi connectivity index (χ1n) is 7.25. The van der Waals surface area contributed by atoms with Crippen LogP contribution >= 0.6 is 12.4 Å². The predicted molar refractivity (Wildman–Crippen MR) is 89.3 cm³/mol.